The van der Waals surface area contributed by atoms with Gasteiger partial charge in [-0.05, 0) is 49.0 Å². The summed E-state index contributed by atoms with van der Waals surface area (Å²) in [5, 5.41) is 1.25. The number of nitrogens with zero attached hydrogens (tertiary/aromatic N) is 2. The van der Waals surface area contributed by atoms with E-state index in [0.29, 0.717) is 0 Å². The lowest BCUT2D eigenvalue weighted by molar-refractivity contribution is 1.23. The number of rotatable bonds is 4. The normalized spacial score (nSPS) is 10.7. The summed E-state index contributed by atoms with van der Waals surface area (Å²) in [6.07, 6.45) is 1.86. The van der Waals surface area contributed by atoms with Gasteiger partial charge in [0, 0.05) is 19.3 Å². The minimum Gasteiger partial charge on any atom is -0.253 e. The van der Waals surface area contributed by atoms with E-state index in [1.54, 1.807) is 0 Å². The van der Waals surface area contributed by atoms with Gasteiger partial charge >= 0.3 is 0 Å². The summed E-state index contributed by atoms with van der Waals surface area (Å²) in [5.74, 6) is 0. The van der Waals surface area contributed by atoms with E-state index < -0.39 is 7.92 Å². The molecule has 0 fully saturated rings. The molecule has 0 bridgehead atoms. The maximum atomic E-state index is 4.77. The predicted molar refractivity (Wildman–Crippen MR) is 100 cm³/mol. The second-order valence-corrected chi connectivity index (χ2v) is 7.51. The third-order valence-electron chi connectivity index (χ3n) is 3.59. The summed E-state index contributed by atoms with van der Waals surface area (Å²) in [5.41, 5.74) is 5.36. The van der Waals surface area contributed by atoms with Gasteiger partial charge in [0.25, 0.3) is 0 Å². The molecule has 2 heterocycles. The number of aryl methyl sites for hydroxylation is 2. The quantitative estimate of drug-likeness (QED) is 0.688. The van der Waals surface area contributed by atoms with Crippen LogP contribution in [0.2, 0.25) is 0 Å². The molecule has 0 N–H and O–H groups in total. The van der Waals surface area contributed by atoms with E-state index in [0.717, 1.165) is 27.8 Å². The highest BCUT2D eigenvalue weighted by Gasteiger charge is 2.19. The van der Waals surface area contributed by atoms with Crippen LogP contribution in [0, 0.1) is 13.8 Å². The van der Waals surface area contributed by atoms with Crippen molar-refractivity contribution >= 4 is 30.2 Å². The van der Waals surface area contributed by atoms with E-state index in [1.807, 2.05) is 32.1 Å². The monoisotopic (exact) mass is 318 g/mol. The second kappa shape index (κ2) is 6.85. The molecule has 0 aliphatic heterocycles. The first-order chi connectivity index (χ1) is 11.2. The Morgan fingerprint density at radius 1 is 0.783 bits per heavy atom. The van der Waals surface area contributed by atoms with Crippen LogP contribution in [0.25, 0.3) is 6.08 Å². The highest BCUT2D eigenvalue weighted by molar-refractivity contribution is 7.79. The summed E-state index contributed by atoms with van der Waals surface area (Å²) in [6, 6.07) is 20.9. The van der Waals surface area contributed by atoms with Crippen molar-refractivity contribution in [2.75, 3.05) is 0 Å². The van der Waals surface area contributed by atoms with Gasteiger partial charge in [-0.3, -0.25) is 9.97 Å². The van der Waals surface area contributed by atoms with Crippen molar-refractivity contribution in [1.82, 2.24) is 9.97 Å². The number of pyridine rings is 2. The third kappa shape index (κ3) is 3.55. The molecule has 3 aromatic rings. The van der Waals surface area contributed by atoms with Gasteiger partial charge < -0.3 is 0 Å². The first kappa shape index (κ1) is 15.6. The molecule has 0 radical (unpaired) electrons. The molecule has 0 amide bonds. The van der Waals surface area contributed by atoms with Crippen molar-refractivity contribution in [2.24, 2.45) is 0 Å². The molecular formula is C20H19N2P. The van der Waals surface area contributed by atoms with Crippen LogP contribution >= 0.6 is 7.92 Å². The van der Waals surface area contributed by atoms with Crippen LogP contribution in [0.3, 0.4) is 0 Å². The fourth-order valence-electron chi connectivity index (χ4n) is 2.45. The van der Waals surface area contributed by atoms with Gasteiger partial charge in [-0.25, -0.2) is 0 Å². The lowest BCUT2D eigenvalue weighted by Gasteiger charge is -2.18. The molecule has 1 aromatic carbocycles. The van der Waals surface area contributed by atoms with E-state index in [4.69, 9.17) is 9.97 Å². The minimum absolute atomic E-state index is 0.752. The van der Waals surface area contributed by atoms with E-state index in [2.05, 4.69) is 55.1 Å². The number of hydrogen-bond donors (Lipinski definition) is 0. The molecule has 0 unspecified atom stereocenters. The first-order valence-electron chi connectivity index (χ1n) is 7.57. The summed E-state index contributed by atoms with van der Waals surface area (Å²) in [7, 11) is -0.752. The van der Waals surface area contributed by atoms with E-state index in [1.165, 1.54) is 5.30 Å². The van der Waals surface area contributed by atoms with Gasteiger partial charge in [-0.15, -0.1) is 0 Å². The Bertz CT molecular complexity index is 780. The van der Waals surface area contributed by atoms with Crippen LogP contribution in [-0.2, 0) is 0 Å². The van der Waals surface area contributed by atoms with Crippen LogP contribution in [0.5, 0.6) is 0 Å². The molecule has 0 saturated carbocycles. The zero-order valence-corrected chi connectivity index (χ0v) is 14.3. The highest BCUT2D eigenvalue weighted by atomic mass is 31.1. The van der Waals surface area contributed by atoms with Crippen molar-refractivity contribution in [2.45, 2.75) is 13.8 Å². The lowest BCUT2D eigenvalue weighted by Crippen LogP contribution is -2.25. The molecule has 2 nitrogen and oxygen atoms in total. The third-order valence-corrected chi connectivity index (χ3v) is 5.82. The van der Waals surface area contributed by atoms with Crippen molar-refractivity contribution in [3.8, 4) is 0 Å². The van der Waals surface area contributed by atoms with Crippen LogP contribution in [-0.4, -0.2) is 9.97 Å². The number of benzene rings is 1. The fraction of sp³-hybridized carbons (Fsp3) is 0.100. The molecular weight excluding hydrogens is 299 g/mol. The molecule has 0 atom stereocenters. The van der Waals surface area contributed by atoms with Gasteiger partial charge in [-0.1, -0.05) is 49.1 Å². The van der Waals surface area contributed by atoms with Crippen LogP contribution < -0.4 is 16.2 Å². The highest BCUT2D eigenvalue weighted by Crippen LogP contribution is 2.31. The van der Waals surface area contributed by atoms with Crippen molar-refractivity contribution < 1.29 is 0 Å². The average molecular weight is 318 g/mol. The Morgan fingerprint density at radius 2 is 1.30 bits per heavy atom. The maximum absolute atomic E-state index is 4.77. The van der Waals surface area contributed by atoms with Gasteiger partial charge in [0.2, 0.25) is 0 Å². The van der Waals surface area contributed by atoms with Gasteiger partial charge in [0.1, 0.15) is 0 Å². The molecule has 0 spiro atoms. The zero-order chi connectivity index (χ0) is 16.2. The first-order valence-corrected chi connectivity index (χ1v) is 8.91. The van der Waals surface area contributed by atoms with Gasteiger partial charge in [0.05, 0.1) is 10.9 Å². The Hall–Kier alpha value is -2.31. The molecule has 0 aliphatic rings. The van der Waals surface area contributed by atoms with Gasteiger partial charge in [-0.2, -0.15) is 0 Å². The molecule has 0 saturated heterocycles. The van der Waals surface area contributed by atoms with Crippen molar-refractivity contribution in [3.05, 3.63) is 84.2 Å². The summed E-state index contributed by atoms with van der Waals surface area (Å²) >= 11 is 0. The van der Waals surface area contributed by atoms with E-state index in [9.17, 15) is 0 Å². The van der Waals surface area contributed by atoms with Crippen molar-refractivity contribution in [1.29, 1.82) is 0 Å². The van der Waals surface area contributed by atoms with Gasteiger partial charge in [0.15, 0.2) is 0 Å². The summed E-state index contributed by atoms with van der Waals surface area (Å²) in [4.78, 5) is 9.53. The Morgan fingerprint density at radius 3 is 1.74 bits per heavy atom. The van der Waals surface area contributed by atoms with Crippen LogP contribution in [0.4, 0.5) is 0 Å². The lowest BCUT2D eigenvalue weighted by atomic mass is 10.2. The summed E-state index contributed by atoms with van der Waals surface area (Å²) < 4.78 is 0. The maximum Gasteiger partial charge on any atom is 0.0740 e. The predicted octanol–water partition coefficient (Wildman–Crippen LogP) is 3.49. The molecule has 3 rings (SSSR count). The Kier molecular flexibility index (Phi) is 4.64. The molecule has 2 aromatic heterocycles. The molecule has 0 aliphatic carbocycles. The minimum atomic E-state index is -0.752. The molecule has 3 heteroatoms. The summed E-state index contributed by atoms with van der Waals surface area (Å²) in [6.45, 7) is 7.88. The van der Waals surface area contributed by atoms with E-state index >= 15 is 0 Å². The SMILES string of the molecule is C=Cc1ccc(P(c2cccc(C)n2)c2cccc(C)n2)cc1. The second-order valence-electron chi connectivity index (χ2n) is 5.41. The topological polar surface area (TPSA) is 25.8 Å². The molecule has 114 valence electrons. The largest absolute Gasteiger partial charge is 0.253 e. The molecule has 23 heavy (non-hydrogen) atoms. The number of aromatic nitrogens is 2. The van der Waals surface area contributed by atoms with E-state index in [-0.39, 0.29) is 0 Å². The standard InChI is InChI=1S/C20H19N2P/c1-4-17-11-13-18(14-12-17)23(19-9-5-7-15(2)21-19)20-10-6-8-16(3)22-20/h4-14H,1H2,2-3H3. The zero-order valence-electron chi connectivity index (χ0n) is 13.4. The number of hydrogen-bond acceptors (Lipinski definition) is 2. The smallest absolute Gasteiger partial charge is 0.0740 e. The fourth-order valence-corrected chi connectivity index (χ4v) is 4.64. The average Bonchev–Trinajstić information content (AvgIpc) is 2.56. The van der Waals surface area contributed by atoms with Crippen molar-refractivity contribution in [3.63, 3.8) is 0 Å². The van der Waals surface area contributed by atoms with Crippen LogP contribution in [0.1, 0.15) is 17.0 Å². The van der Waals surface area contributed by atoms with Crippen LogP contribution in [0.15, 0.2) is 67.2 Å². The Balaban J connectivity index is 2.14. The Labute approximate surface area is 138 Å².